The Bertz CT molecular complexity index is 1120. The number of rotatable bonds is 8. The number of benzene rings is 4. The van der Waals surface area contributed by atoms with Crippen molar-refractivity contribution in [2.75, 3.05) is 13.2 Å². The third-order valence-electron chi connectivity index (χ3n) is 4.74. The molecule has 4 heteroatoms. The van der Waals surface area contributed by atoms with Crippen molar-refractivity contribution in [3.8, 4) is 11.5 Å². The zero-order valence-electron chi connectivity index (χ0n) is 16.6. The third kappa shape index (κ3) is 4.97. The molecule has 0 atom stereocenters. The van der Waals surface area contributed by atoms with Gasteiger partial charge in [0.15, 0.2) is 0 Å². The average molecular weight is 397 g/mol. The first kappa shape index (κ1) is 19.5. The van der Waals surface area contributed by atoms with E-state index in [9.17, 15) is 4.79 Å². The second kappa shape index (κ2) is 9.61. The zero-order chi connectivity index (χ0) is 20.6. The number of nitrogens with one attached hydrogen (secondary N) is 1. The summed E-state index contributed by atoms with van der Waals surface area (Å²) in [5.74, 6) is 1.33. The highest BCUT2D eigenvalue weighted by molar-refractivity contribution is 5.94. The van der Waals surface area contributed by atoms with Crippen molar-refractivity contribution in [1.82, 2.24) is 5.32 Å². The summed E-state index contributed by atoms with van der Waals surface area (Å²) in [6, 6.07) is 31.2. The molecule has 0 aliphatic rings. The van der Waals surface area contributed by atoms with Crippen molar-refractivity contribution in [3.05, 3.63) is 108 Å². The van der Waals surface area contributed by atoms with Gasteiger partial charge in [-0.05, 0) is 35.2 Å². The first-order valence-electron chi connectivity index (χ1n) is 9.95. The number of fused-ring (bicyclic) bond motifs is 1. The summed E-state index contributed by atoms with van der Waals surface area (Å²) in [5.41, 5.74) is 1.64. The van der Waals surface area contributed by atoms with Gasteiger partial charge in [-0.15, -0.1) is 0 Å². The lowest BCUT2D eigenvalue weighted by atomic mass is 10.1. The fraction of sp³-hybridized carbons (Fsp3) is 0.115. The zero-order valence-corrected chi connectivity index (χ0v) is 16.6. The lowest BCUT2D eigenvalue weighted by Gasteiger charge is -2.11. The van der Waals surface area contributed by atoms with Gasteiger partial charge >= 0.3 is 0 Å². The highest BCUT2D eigenvalue weighted by Crippen LogP contribution is 2.24. The van der Waals surface area contributed by atoms with Gasteiger partial charge in [0.25, 0.3) is 5.91 Å². The van der Waals surface area contributed by atoms with Crippen molar-refractivity contribution in [2.24, 2.45) is 0 Å². The molecular formula is C26H23NO3. The SMILES string of the molecule is O=C(NCCOc1cccc2ccccc12)c1cccc(OCc2ccccc2)c1. The van der Waals surface area contributed by atoms with Crippen LogP contribution in [0.15, 0.2) is 97.1 Å². The number of amides is 1. The summed E-state index contributed by atoms with van der Waals surface area (Å²) < 4.78 is 11.7. The van der Waals surface area contributed by atoms with Gasteiger partial charge in [0.05, 0.1) is 6.54 Å². The molecule has 0 saturated heterocycles. The van der Waals surface area contributed by atoms with Gasteiger partial charge in [-0.1, -0.05) is 72.8 Å². The first-order chi connectivity index (χ1) is 14.8. The van der Waals surface area contributed by atoms with Crippen molar-refractivity contribution >= 4 is 16.7 Å². The number of carbonyl (C=O) groups excluding carboxylic acids is 1. The van der Waals surface area contributed by atoms with E-state index >= 15 is 0 Å². The molecule has 4 rings (SSSR count). The molecule has 1 amide bonds. The van der Waals surface area contributed by atoms with Crippen LogP contribution in [0, 0.1) is 0 Å². The van der Waals surface area contributed by atoms with E-state index in [1.54, 1.807) is 12.1 Å². The molecule has 4 aromatic carbocycles. The van der Waals surface area contributed by atoms with Crippen LogP contribution >= 0.6 is 0 Å². The van der Waals surface area contributed by atoms with Gasteiger partial charge in [-0.3, -0.25) is 4.79 Å². The molecule has 0 spiro atoms. The van der Waals surface area contributed by atoms with Crippen LogP contribution in [0.2, 0.25) is 0 Å². The van der Waals surface area contributed by atoms with Crippen LogP contribution in [-0.2, 0) is 6.61 Å². The summed E-state index contributed by atoms with van der Waals surface area (Å²) in [7, 11) is 0. The second-order valence-electron chi connectivity index (χ2n) is 6.88. The lowest BCUT2D eigenvalue weighted by molar-refractivity contribution is 0.0946. The van der Waals surface area contributed by atoms with Crippen molar-refractivity contribution in [3.63, 3.8) is 0 Å². The van der Waals surface area contributed by atoms with Gasteiger partial charge in [-0.2, -0.15) is 0 Å². The van der Waals surface area contributed by atoms with Crippen LogP contribution in [0.3, 0.4) is 0 Å². The van der Waals surface area contributed by atoms with Crippen molar-refractivity contribution < 1.29 is 14.3 Å². The number of hydrogen-bond acceptors (Lipinski definition) is 3. The molecule has 150 valence electrons. The maximum atomic E-state index is 12.5. The van der Waals surface area contributed by atoms with E-state index in [0.717, 1.165) is 22.1 Å². The minimum atomic E-state index is -0.151. The van der Waals surface area contributed by atoms with Crippen LogP contribution in [0.4, 0.5) is 0 Å². The maximum absolute atomic E-state index is 12.5. The Morgan fingerprint density at radius 1 is 0.767 bits per heavy atom. The Hall–Kier alpha value is -3.79. The topological polar surface area (TPSA) is 47.6 Å². The Labute approximate surface area is 176 Å². The highest BCUT2D eigenvalue weighted by atomic mass is 16.5. The Kier molecular flexibility index (Phi) is 6.25. The molecule has 1 N–H and O–H groups in total. The van der Waals surface area contributed by atoms with Gasteiger partial charge in [-0.25, -0.2) is 0 Å². The van der Waals surface area contributed by atoms with E-state index in [-0.39, 0.29) is 5.91 Å². The van der Waals surface area contributed by atoms with E-state index in [2.05, 4.69) is 17.4 Å². The molecule has 30 heavy (non-hydrogen) atoms. The molecule has 0 unspecified atom stereocenters. The van der Waals surface area contributed by atoms with Gasteiger partial charge in [0.2, 0.25) is 0 Å². The monoisotopic (exact) mass is 397 g/mol. The normalized spacial score (nSPS) is 10.5. The minimum Gasteiger partial charge on any atom is -0.491 e. The number of ether oxygens (including phenoxy) is 2. The number of hydrogen-bond donors (Lipinski definition) is 1. The molecule has 0 heterocycles. The highest BCUT2D eigenvalue weighted by Gasteiger charge is 2.07. The van der Waals surface area contributed by atoms with Gasteiger partial charge in [0.1, 0.15) is 24.7 Å². The number of carbonyl (C=O) groups is 1. The summed E-state index contributed by atoms with van der Waals surface area (Å²) in [6.45, 7) is 1.27. The molecule has 0 fully saturated rings. The first-order valence-corrected chi connectivity index (χ1v) is 9.95. The van der Waals surface area contributed by atoms with Gasteiger partial charge < -0.3 is 14.8 Å². The smallest absolute Gasteiger partial charge is 0.251 e. The molecule has 0 radical (unpaired) electrons. The van der Waals surface area contributed by atoms with E-state index in [0.29, 0.717) is 31.1 Å². The fourth-order valence-corrected chi connectivity index (χ4v) is 3.22. The summed E-state index contributed by atoms with van der Waals surface area (Å²) in [6.07, 6.45) is 0. The third-order valence-corrected chi connectivity index (χ3v) is 4.74. The molecule has 0 aliphatic heterocycles. The molecule has 0 aliphatic carbocycles. The van der Waals surface area contributed by atoms with Crippen LogP contribution in [0.25, 0.3) is 10.8 Å². The Morgan fingerprint density at radius 2 is 1.53 bits per heavy atom. The largest absolute Gasteiger partial charge is 0.491 e. The Morgan fingerprint density at radius 3 is 2.43 bits per heavy atom. The average Bonchev–Trinajstić information content (AvgIpc) is 2.81. The molecule has 4 nitrogen and oxygen atoms in total. The predicted molar refractivity (Wildman–Crippen MR) is 119 cm³/mol. The molecular weight excluding hydrogens is 374 g/mol. The minimum absolute atomic E-state index is 0.151. The quantitative estimate of drug-likeness (QED) is 0.414. The molecule has 0 aromatic heterocycles. The van der Waals surface area contributed by atoms with Crippen molar-refractivity contribution in [2.45, 2.75) is 6.61 Å². The van der Waals surface area contributed by atoms with Gasteiger partial charge in [0, 0.05) is 10.9 Å². The summed E-state index contributed by atoms with van der Waals surface area (Å²) in [4.78, 5) is 12.5. The van der Waals surface area contributed by atoms with Crippen LogP contribution < -0.4 is 14.8 Å². The fourth-order valence-electron chi connectivity index (χ4n) is 3.22. The Balaban J connectivity index is 1.29. The van der Waals surface area contributed by atoms with E-state index in [4.69, 9.17) is 9.47 Å². The van der Waals surface area contributed by atoms with Crippen LogP contribution in [-0.4, -0.2) is 19.1 Å². The van der Waals surface area contributed by atoms with Crippen LogP contribution in [0.5, 0.6) is 11.5 Å². The van der Waals surface area contributed by atoms with E-state index < -0.39 is 0 Å². The summed E-state index contributed by atoms with van der Waals surface area (Å²) >= 11 is 0. The lowest BCUT2D eigenvalue weighted by Crippen LogP contribution is -2.28. The second-order valence-corrected chi connectivity index (χ2v) is 6.88. The maximum Gasteiger partial charge on any atom is 0.251 e. The predicted octanol–water partition coefficient (Wildman–Crippen LogP) is 5.23. The van der Waals surface area contributed by atoms with Crippen molar-refractivity contribution in [1.29, 1.82) is 0 Å². The molecule has 0 saturated carbocycles. The molecule has 4 aromatic rings. The van der Waals surface area contributed by atoms with E-state index in [1.807, 2.05) is 72.8 Å². The van der Waals surface area contributed by atoms with E-state index in [1.165, 1.54) is 0 Å². The van der Waals surface area contributed by atoms with Crippen LogP contribution in [0.1, 0.15) is 15.9 Å². The summed E-state index contributed by atoms with van der Waals surface area (Å²) in [5, 5.41) is 5.09. The standard InChI is InChI=1S/C26H23NO3/c28-26(22-12-6-13-23(18-22)30-19-20-8-2-1-3-9-20)27-16-17-29-25-15-7-11-21-10-4-5-14-24(21)25/h1-15,18H,16-17,19H2,(H,27,28). The molecule has 0 bridgehead atoms.